The quantitative estimate of drug-likeness (QED) is 0.0250. The van der Waals surface area contributed by atoms with Crippen LogP contribution in [0, 0.1) is 35.5 Å². The Morgan fingerprint density at radius 3 is 1.53 bits per heavy atom. The Morgan fingerprint density at radius 1 is 0.605 bits per heavy atom. The van der Waals surface area contributed by atoms with E-state index in [2.05, 4.69) is 32.9 Å². The molecule has 3 aromatic carbocycles. The van der Waals surface area contributed by atoms with Crippen molar-refractivity contribution >= 4 is 36.0 Å². The van der Waals surface area contributed by atoms with Crippen molar-refractivity contribution in [2.24, 2.45) is 35.5 Å². The third-order valence-electron chi connectivity index (χ3n) is 14.7. The van der Waals surface area contributed by atoms with Gasteiger partial charge < -0.3 is 52.5 Å². The number of alkyl halides is 6. The van der Waals surface area contributed by atoms with E-state index in [9.17, 15) is 50.6 Å². The first-order chi connectivity index (χ1) is 40.4. The number of fused-ring (bicyclic) bond motifs is 3. The molecule has 5 fully saturated rings. The predicted octanol–water partition coefficient (Wildman–Crippen LogP) is 13.9. The summed E-state index contributed by atoms with van der Waals surface area (Å²) in [5.74, 6) is 0.211. The lowest BCUT2D eigenvalue weighted by Gasteiger charge is -2.37. The number of rotatable bonds is 22. The van der Waals surface area contributed by atoms with Crippen molar-refractivity contribution in [3.05, 3.63) is 134 Å². The fourth-order valence-electron chi connectivity index (χ4n) is 10.6. The number of ether oxygens (including phenoxy) is 10. The Kier molecular flexibility index (Phi) is 27.2. The van der Waals surface area contributed by atoms with E-state index in [0.29, 0.717) is 54.8 Å². The normalized spacial score (nSPS) is 23.0. The molecular weight excluding hydrogens is 1130 g/mol. The van der Waals surface area contributed by atoms with Crippen molar-refractivity contribution in [3.8, 4) is 23.0 Å². The molecule has 0 aromatic heterocycles. The monoisotopic (exact) mass is 1220 g/mol. The summed E-state index contributed by atoms with van der Waals surface area (Å²) >= 11 is 0. The minimum Gasteiger partial charge on any atom is -0.465 e. The Morgan fingerprint density at radius 2 is 1.08 bits per heavy atom. The Hall–Kier alpha value is -6.94. The summed E-state index contributed by atoms with van der Waals surface area (Å²) in [6.45, 7) is 35.8. The van der Waals surface area contributed by atoms with E-state index in [1.54, 1.807) is 50.3 Å². The standard InChI is InChI=1S/C15H18F6O3.C14H18O4.C12H14O4.2C12H16O2/c1-7(2)12(22)24-11-5-8-3-9(11)4-10(8)6-13(23,14(16,17)18)15(19,20)21;1-5-16-11(4)17-12-6-8-13(9-7-12)18-14(15)10(2)3;1-5(2)11(13)15-9-6-3-7-8(4-6)12(14)16-10(7)9;1-4-11-6-8-12(9-7-11)14-10(3)13-5-2;1-4-11-7-6-8-12(9-11)14-10(3)13-5-2/h8-11,23H,1,3-6H2,2H3;6-9,11H,2,5H2,1,3-4H3;6-10H,1,3-4H2,2H3;2*4,6-10H,1,5H2,2-3H3. The van der Waals surface area contributed by atoms with E-state index >= 15 is 0 Å². The van der Waals surface area contributed by atoms with Crippen LogP contribution >= 0.6 is 0 Å². The van der Waals surface area contributed by atoms with Crippen molar-refractivity contribution in [2.75, 3.05) is 19.8 Å². The van der Waals surface area contributed by atoms with Gasteiger partial charge in [-0.15, -0.1) is 0 Å². The van der Waals surface area contributed by atoms with Crippen LogP contribution in [0.1, 0.15) is 112 Å². The number of hydrogen-bond donors (Lipinski definition) is 1. The molecule has 1 saturated heterocycles. The maximum absolute atomic E-state index is 12.8. The van der Waals surface area contributed by atoms with Crippen molar-refractivity contribution in [1.82, 2.24) is 0 Å². The molecule has 15 nitrogen and oxygen atoms in total. The molecule has 0 radical (unpaired) electrons. The summed E-state index contributed by atoms with van der Waals surface area (Å²) in [6.07, 6.45) is -8.64. The molecule has 3 aromatic rings. The summed E-state index contributed by atoms with van der Waals surface area (Å²) in [5, 5.41) is 9.31. The van der Waals surface area contributed by atoms with Gasteiger partial charge in [0.05, 0.1) is 5.92 Å². The molecule has 8 rings (SSSR count). The van der Waals surface area contributed by atoms with Gasteiger partial charge in [-0.2, -0.15) is 26.3 Å². The van der Waals surface area contributed by atoms with E-state index < -0.39 is 54.3 Å². The van der Waals surface area contributed by atoms with Crippen LogP contribution in [-0.4, -0.2) is 104 Å². The average molecular weight is 1220 g/mol. The molecule has 12 atom stereocenters. The number of hydrogen-bond acceptors (Lipinski definition) is 15. The van der Waals surface area contributed by atoms with E-state index in [1.807, 2.05) is 90.1 Å². The second-order valence-corrected chi connectivity index (χ2v) is 21.4. The summed E-state index contributed by atoms with van der Waals surface area (Å²) in [6, 6.07) is 22.2. The number of carbonyl (C=O) groups is 4. The van der Waals surface area contributed by atoms with Crippen LogP contribution in [0.15, 0.2) is 122 Å². The average Bonchev–Trinajstić information content (AvgIpc) is 1.58. The minimum absolute atomic E-state index is 0.0628. The zero-order valence-electron chi connectivity index (χ0n) is 50.3. The Labute approximate surface area is 500 Å². The topological polar surface area (TPSA) is 181 Å². The maximum atomic E-state index is 12.8. The molecule has 5 aliphatic rings. The molecule has 0 amide bonds. The van der Waals surface area contributed by atoms with Gasteiger partial charge in [-0.3, -0.25) is 4.79 Å². The second-order valence-electron chi connectivity index (χ2n) is 21.4. The molecule has 21 heteroatoms. The van der Waals surface area contributed by atoms with Crippen LogP contribution in [0.3, 0.4) is 0 Å². The predicted molar refractivity (Wildman–Crippen MR) is 310 cm³/mol. The van der Waals surface area contributed by atoms with Crippen LogP contribution in [0.2, 0.25) is 0 Å². The van der Waals surface area contributed by atoms with E-state index in [4.69, 9.17) is 47.4 Å². The van der Waals surface area contributed by atoms with Gasteiger partial charge in [-0.25, -0.2) is 14.4 Å². The number of esters is 4. The Balaban J connectivity index is 0.000000234. The zero-order chi connectivity index (χ0) is 64.3. The van der Waals surface area contributed by atoms with Crippen molar-refractivity contribution in [3.63, 3.8) is 0 Å². The van der Waals surface area contributed by atoms with Crippen LogP contribution in [0.4, 0.5) is 26.3 Å². The fraction of sp³-hybridized carbons (Fsp3) is 0.508. The zero-order valence-corrected chi connectivity index (χ0v) is 50.3. The maximum Gasteiger partial charge on any atom is 0.426 e. The molecular formula is C65H82F6O15. The summed E-state index contributed by atoms with van der Waals surface area (Å²) in [5.41, 5.74) is -1.65. The van der Waals surface area contributed by atoms with Crippen molar-refractivity contribution < 1.29 is 98.0 Å². The summed E-state index contributed by atoms with van der Waals surface area (Å²) in [4.78, 5) is 45.7. The molecule has 1 N–H and O–H groups in total. The van der Waals surface area contributed by atoms with Gasteiger partial charge in [0.15, 0.2) is 18.9 Å². The highest BCUT2D eigenvalue weighted by Crippen LogP contribution is 2.57. The molecule has 0 spiro atoms. The smallest absolute Gasteiger partial charge is 0.426 e. The van der Waals surface area contributed by atoms with E-state index in [0.717, 1.165) is 35.5 Å². The SMILES string of the molecule is C=C(C)C(=O)OC1C2CC3C(=O)OC1C3C2.C=C(C)C(=O)OC1CC2CC1CC2CC(O)(C(F)(F)F)C(F)(F)F.C=C(C)C(=O)Oc1ccc(OC(C)OCC)cc1.C=Cc1ccc(OC(C)OCC)cc1.C=Cc1cccc(OC(C)OCC)c1. The molecule has 4 bridgehead atoms. The molecule has 1 heterocycles. The van der Waals surface area contributed by atoms with Crippen molar-refractivity contribution in [1.29, 1.82) is 0 Å². The van der Waals surface area contributed by atoms with Crippen molar-refractivity contribution in [2.45, 2.75) is 156 Å². The molecule has 4 aliphatic carbocycles. The first-order valence-corrected chi connectivity index (χ1v) is 28.4. The Bertz CT molecular complexity index is 2750. The molecule has 86 heavy (non-hydrogen) atoms. The van der Waals surface area contributed by atoms with Crippen LogP contribution in [0.5, 0.6) is 23.0 Å². The first kappa shape index (κ1) is 71.5. The first-order valence-electron chi connectivity index (χ1n) is 28.4. The molecule has 474 valence electrons. The summed E-state index contributed by atoms with van der Waals surface area (Å²) in [7, 11) is 0. The van der Waals surface area contributed by atoms with Gasteiger partial charge >= 0.3 is 36.2 Å². The van der Waals surface area contributed by atoms with Gasteiger partial charge in [0.1, 0.15) is 41.3 Å². The lowest BCUT2D eigenvalue weighted by Crippen LogP contribution is -2.58. The highest BCUT2D eigenvalue weighted by atomic mass is 19.4. The van der Waals surface area contributed by atoms with Gasteiger partial charge in [0.25, 0.3) is 5.60 Å². The second kappa shape index (κ2) is 32.7. The molecule has 1 aliphatic heterocycles. The number of carbonyl (C=O) groups excluding carboxylic acids is 4. The summed E-state index contributed by atoms with van der Waals surface area (Å²) < 4.78 is 130. The molecule has 12 unspecified atom stereocenters. The largest absolute Gasteiger partial charge is 0.465 e. The van der Waals surface area contributed by atoms with Gasteiger partial charge in [0, 0.05) is 48.4 Å². The minimum atomic E-state index is -5.79. The van der Waals surface area contributed by atoms with Gasteiger partial charge in [-0.1, -0.05) is 69.3 Å². The highest BCUT2D eigenvalue weighted by molar-refractivity contribution is 5.89. The lowest BCUT2D eigenvalue weighted by molar-refractivity contribution is -0.373. The van der Waals surface area contributed by atoms with Gasteiger partial charge in [0.2, 0.25) is 0 Å². The highest BCUT2D eigenvalue weighted by Gasteiger charge is 2.71. The van der Waals surface area contributed by atoms with Crippen LogP contribution < -0.4 is 18.9 Å². The van der Waals surface area contributed by atoms with Gasteiger partial charge in [-0.05, 0) is 178 Å². The number of halogens is 6. The molecule has 4 saturated carbocycles. The van der Waals surface area contributed by atoms with E-state index in [-0.39, 0.29) is 79.2 Å². The van der Waals surface area contributed by atoms with Crippen LogP contribution in [0.25, 0.3) is 12.2 Å². The third kappa shape index (κ3) is 20.6. The van der Waals surface area contributed by atoms with Crippen LogP contribution in [-0.2, 0) is 47.6 Å². The third-order valence-corrected chi connectivity index (χ3v) is 14.7. The van der Waals surface area contributed by atoms with E-state index in [1.165, 1.54) is 6.92 Å². The number of benzene rings is 3. The fourth-order valence-corrected chi connectivity index (χ4v) is 10.6. The lowest BCUT2D eigenvalue weighted by atomic mass is 9.79. The number of aliphatic hydroxyl groups is 1.